The van der Waals surface area contributed by atoms with Crippen molar-refractivity contribution in [2.75, 3.05) is 6.54 Å². The standard InChI is InChI=1S/C18H25N5/c1-4-7-9-23-16-14(6-3)15(8-5-2)17(10-19,11-20)18(16,12-21)13-22/h14-16,23H,4-9H2,1-3H3/t14-,15-,16+/m0/s1. The molecule has 1 aliphatic carbocycles. The molecule has 0 aromatic rings. The fourth-order valence-corrected chi connectivity index (χ4v) is 4.12. The Morgan fingerprint density at radius 1 is 0.870 bits per heavy atom. The van der Waals surface area contributed by atoms with Crippen LogP contribution in [-0.4, -0.2) is 12.6 Å². The van der Waals surface area contributed by atoms with Crippen LogP contribution in [0.25, 0.3) is 0 Å². The lowest BCUT2D eigenvalue weighted by atomic mass is 9.63. The molecule has 0 saturated heterocycles. The molecule has 1 saturated carbocycles. The molecular formula is C18H25N5. The lowest BCUT2D eigenvalue weighted by molar-refractivity contribution is 0.238. The molecule has 0 aromatic heterocycles. The molecule has 0 radical (unpaired) electrons. The van der Waals surface area contributed by atoms with Gasteiger partial charge in [-0.05, 0) is 31.2 Å². The van der Waals surface area contributed by atoms with Gasteiger partial charge in [-0.3, -0.25) is 0 Å². The van der Waals surface area contributed by atoms with E-state index in [9.17, 15) is 21.0 Å². The van der Waals surface area contributed by atoms with Gasteiger partial charge in [0.1, 0.15) is 0 Å². The van der Waals surface area contributed by atoms with Gasteiger partial charge in [0, 0.05) is 6.04 Å². The molecule has 1 rings (SSSR count). The predicted molar refractivity (Wildman–Crippen MR) is 86.2 cm³/mol. The van der Waals surface area contributed by atoms with Gasteiger partial charge in [0.2, 0.25) is 0 Å². The van der Waals surface area contributed by atoms with Crippen molar-refractivity contribution in [2.24, 2.45) is 22.7 Å². The molecule has 0 bridgehead atoms. The van der Waals surface area contributed by atoms with Crippen molar-refractivity contribution >= 4 is 0 Å². The minimum absolute atomic E-state index is 0.0228. The molecule has 1 aliphatic rings. The Balaban J connectivity index is 3.49. The maximum absolute atomic E-state index is 9.83. The van der Waals surface area contributed by atoms with Crippen molar-refractivity contribution in [2.45, 2.75) is 58.9 Å². The Morgan fingerprint density at radius 3 is 1.83 bits per heavy atom. The first kappa shape index (κ1) is 19.0. The van der Waals surface area contributed by atoms with Crippen molar-refractivity contribution < 1.29 is 0 Å². The summed E-state index contributed by atoms with van der Waals surface area (Å²) < 4.78 is 0. The summed E-state index contributed by atoms with van der Waals surface area (Å²) in [4.78, 5) is 0. The summed E-state index contributed by atoms with van der Waals surface area (Å²) in [6.07, 6.45) is 4.18. The van der Waals surface area contributed by atoms with E-state index in [4.69, 9.17) is 0 Å². The molecule has 1 fully saturated rings. The average molecular weight is 311 g/mol. The van der Waals surface area contributed by atoms with Gasteiger partial charge in [-0.15, -0.1) is 0 Å². The lowest BCUT2D eigenvalue weighted by Crippen LogP contribution is -2.49. The smallest absolute Gasteiger partial charge is 0.190 e. The Morgan fingerprint density at radius 2 is 1.43 bits per heavy atom. The molecule has 0 unspecified atom stereocenters. The summed E-state index contributed by atoms with van der Waals surface area (Å²) >= 11 is 0. The predicted octanol–water partition coefficient (Wildman–Crippen LogP) is 3.27. The Hall–Kier alpha value is -2.08. The highest BCUT2D eigenvalue weighted by atomic mass is 15.0. The van der Waals surface area contributed by atoms with Gasteiger partial charge in [-0.1, -0.05) is 40.0 Å². The number of unbranched alkanes of at least 4 members (excludes halogenated alkanes) is 1. The van der Waals surface area contributed by atoms with Gasteiger partial charge in [-0.2, -0.15) is 21.0 Å². The lowest BCUT2D eigenvalue weighted by Gasteiger charge is -2.31. The number of nitriles is 4. The zero-order valence-corrected chi connectivity index (χ0v) is 14.3. The van der Waals surface area contributed by atoms with Crippen LogP contribution in [0, 0.1) is 68.0 Å². The zero-order chi connectivity index (χ0) is 17.5. The van der Waals surface area contributed by atoms with E-state index < -0.39 is 16.9 Å². The second kappa shape index (κ2) is 7.97. The van der Waals surface area contributed by atoms with Crippen LogP contribution in [0.4, 0.5) is 0 Å². The van der Waals surface area contributed by atoms with E-state index in [1.165, 1.54) is 0 Å². The van der Waals surface area contributed by atoms with Crippen LogP contribution < -0.4 is 5.32 Å². The minimum Gasteiger partial charge on any atom is -0.311 e. The van der Waals surface area contributed by atoms with Crippen LogP contribution in [0.3, 0.4) is 0 Å². The van der Waals surface area contributed by atoms with Crippen LogP contribution in [0.15, 0.2) is 0 Å². The molecule has 23 heavy (non-hydrogen) atoms. The monoisotopic (exact) mass is 311 g/mol. The minimum atomic E-state index is -1.62. The number of hydrogen-bond acceptors (Lipinski definition) is 5. The van der Waals surface area contributed by atoms with Crippen LogP contribution in [0.1, 0.15) is 52.9 Å². The summed E-state index contributed by atoms with van der Waals surface area (Å²) in [5.74, 6) is -0.281. The number of hydrogen-bond donors (Lipinski definition) is 1. The Labute approximate surface area is 139 Å². The molecule has 3 atom stereocenters. The van der Waals surface area contributed by atoms with Crippen LogP contribution in [0.2, 0.25) is 0 Å². The van der Waals surface area contributed by atoms with E-state index in [2.05, 4.69) is 36.5 Å². The topological polar surface area (TPSA) is 107 Å². The van der Waals surface area contributed by atoms with E-state index in [1.54, 1.807) is 0 Å². The zero-order valence-electron chi connectivity index (χ0n) is 14.3. The van der Waals surface area contributed by atoms with Crippen molar-refractivity contribution in [1.29, 1.82) is 21.0 Å². The fourth-order valence-electron chi connectivity index (χ4n) is 4.12. The maximum atomic E-state index is 9.83. The van der Waals surface area contributed by atoms with Crippen molar-refractivity contribution in [1.82, 2.24) is 5.32 Å². The van der Waals surface area contributed by atoms with Crippen molar-refractivity contribution in [3.63, 3.8) is 0 Å². The van der Waals surface area contributed by atoms with E-state index in [0.717, 1.165) is 25.7 Å². The number of rotatable bonds is 7. The second-order valence-corrected chi connectivity index (χ2v) is 6.32. The van der Waals surface area contributed by atoms with Gasteiger partial charge < -0.3 is 5.32 Å². The van der Waals surface area contributed by atoms with E-state index in [1.807, 2.05) is 13.8 Å². The molecular weight excluding hydrogens is 286 g/mol. The normalized spacial score (nSPS) is 27.3. The molecule has 0 aromatic carbocycles. The van der Waals surface area contributed by atoms with E-state index in [0.29, 0.717) is 13.0 Å². The summed E-state index contributed by atoms with van der Waals surface area (Å²) in [6, 6.07) is 7.91. The summed E-state index contributed by atoms with van der Waals surface area (Å²) in [7, 11) is 0. The third-order valence-electron chi connectivity index (χ3n) is 5.26. The maximum Gasteiger partial charge on any atom is 0.190 e. The average Bonchev–Trinajstić information content (AvgIpc) is 2.81. The quantitative estimate of drug-likeness (QED) is 0.726. The largest absolute Gasteiger partial charge is 0.311 e. The molecule has 0 aliphatic heterocycles. The van der Waals surface area contributed by atoms with E-state index in [-0.39, 0.29) is 11.8 Å². The fraction of sp³-hybridized carbons (Fsp3) is 0.778. The van der Waals surface area contributed by atoms with Gasteiger partial charge in [0.25, 0.3) is 0 Å². The number of nitrogens with one attached hydrogen (secondary N) is 1. The Bertz CT molecular complexity index is 540. The van der Waals surface area contributed by atoms with Gasteiger partial charge in [0.05, 0.1) is 24.3 Å². The van der Waals surface area contributed by atoms with Crippen molar-refractivity contribution in [3.8, 4) is 24.3 Å². The van der Waals surface area contributed by atoms with Crippen LogP contribution >= 0.6 is 0 Å². The van der Waals surface area contributed by atoms with Gasteiger partial charge >= 0.3 is 0 Å². The molecule has 0 heterocycles. The highest BCUT2D eigenvalue weighted by Gasteiger charge is 2.71. The molecule has 5 heteroatoms. The summed E-state index contributed by atoms with van der Waals surface area (Å²) in [5, 5.41) is 42.6. The van der Waals surface area contributed by atoms with Crippen molar-refractivity contribution in [3.05, 3.63) is 0 Å². The molecule has 5 nitrogen and oxygen atoms in total. The third kappa shape index (κ3) is 2.67. The van der Waals surface area contributed by atoms with Crippen LogP contribution in [-0.2, 0) is 0 Å². The van der Waals surface area contributed by atoms with Gasteiger partial charge in [0.15, 0.2) is 10.8 Å². The first-order valence-electron chi connectivity index (χ1n) is 8.47. The second-order valence-electron chi connectivity index (χ2n) is 6.32. The third-order valence-corrected chi connectivity index (χ3v) is 5.26. The highest BCUT2D eigenvalue weighted by Crippen LogP contribution is 2.60. The van der Waals surface area contributed by atoms with Gasteiger partial charge in [-0.25, -0.2) is 0 Å². The van der Waals surface area contributed by atoms with E-state index >= 15 is 0 Å². The molecule has 122 valence electrons. The summed E-state index contributed by atoms with van der Waals surface area (Å²) in [5.41, 5.74) is -3.19. The number of nitrogens with zero attached hydrogens (tertiary/aromatic N) is 4. The highest BCUT2D eigenvalue weighted by molar-refractivity contribution is 5.43. The summed E-state index contributed by atoms with van der Waals surface area (Å²) in [6.45, 7) is 6.77. The van der Waals surface area contributed by atoms with Crippen LogP contribution in [0.5, 0.6) is 0 Å². The molecule has 1 N–H and O–H groups in total. The molecule has 0 amide bonds. The first-order valence-corrected chi connectivity index (χ1v) is 8.47. The SMILES string of the molecule is CCCCN[C@@H]1[C@@H](CC)[C@H](CCC)C(C#N)(C#N)C1(C#N)C#N. The molecule has 0 spiro atoms. The first-order chi connectivity index (χ1) is 11.1. The Kier molecular flexibility index (Phi) is 6.57.